The summed E-state index contributed by atoms with van der Waals surface area (Å²) in [6, 6.07) is 4.56. The lowest BCUT2D eigenvalue weighted by Gasteiger charge is -2.39. The summed E-state index contributed by atoms with van der Waals surface area (Å²) in [6.07, 6.45) is 1.19. The van der Waals surface area contributed by atoms with Crippen molar-refractivity contribution in [3.05, 3.63) is 41.4 Å². The van der Waals surface area contributed by atoms with Crippen LogP contribution >= 0.6 is 11.8 Å². The van der Waals surface area contributed by atoms with Gasteiger partial charge in [-0.3, -0.25) is 0 Å². The molecular weight excluding hydrogens is 417 g/mol. The Balaban J connectivity index is 1.67. The largest absolute Gasteiger partial charge is 0.423 e. The van der Waals surface area contributed by atoms with E-state index in [2.05, 4.69) is 15.2 Å². The number of rotatable bonds is 3. The molecule has 0 amide bonds. The van der Waals surface area contributed by atoms with Crippen LogP contribution in [0.25, 0.3) is 17.0 Å². The minimum absolute atomic E-state index is 0.0237. The molecule has 0 saturated carbocycles. The van der Waals surface area contributed by atoms with E-state index in [0.29, 0.717) is 11.1 Å². The number of aliphatic imine (C=N–C) groups is 1. The fraction of sp³-hybridized carbons (Fsp3) is 0.389. The van der Waals surface area contributed by atoms with Crippen molar-refractivity contribution in [2.75, 3.05) is 12.8 Å². The lowest BCUT2D eigenvalue weighted by atomic mass is 9.84. The maximum Gasteiger partial charge on any atom is 0.247 e. The molecule has 1 aromatic carbocycles. The Morgan fingerprint density at radius 1 is 1.34 bits per heavy atom. The molecule has 0 spiro atoms. The van der Waals surface area contributed by atoms with E-state index < -0.39 is 21.4 Å². The fourth-order valence-corrected chi connectivity index (χ4v) is 6.91. The first-order valence-corrected chi connectivity index (χ1v) is 11.4. The molecule has 2 aliphatic heterocycles. The second-order valence-corrected chi connectivity index (χ2v) is 10.5. The first-order chi connectivity index (χ1) is 13.6. The molecule has 0 saturated heterocycles. The van der Waals surface area contributed by atoms with Crippen LogP contribution in [0.2, 0.25) is 0 Å². The van der Waals surface area contributed by atoms with Crippen LogP contribution in [0, 0.1) is 11.7 Å². The zero-order chi connectivity index (χ0) is 21.0. The van der Waals surface area contributed by atoms with Crippen LogP contribution in [0.3, 0.4) is 0 Å². The Hall–Kier alpha value is -2.40. The Bertz CT molecular complexity index is 1120. The second kappa shape index (κ2) is 6.84. The maximum atomic E-state index is 14.3. The van der Waals surface area contributed by atoms with Crippen molar-refractivity contribution in [2.45, 2.75) is 24.6 Å². The second-order valence-electron chi connectivity index (χ2n) is 7.44. The number of nitrogens with zero attached hydrogens (tertiary/aromatic N) is 4. The van der Waals surface area contributed by atoms with Crippen LogP contribution in [0.4, 0.5) is 4.39 Å². The SMILES string of the molecule is CC1C(c2cc(F)cc(-c3nnco3)c2)=CSC1[C@]1(C)CS(=O)(=O)N(C)C(N)=N1. The van der Waals surface area contributed by atoms with Crippen LogP contribution in [-0.4, -0.2) is 52.5 Å². The predicted octanol–water partition coefficient (Wildman–Crippen LogP) is 2.32. The summed E-state index contributed by atoms with van der Waals surface area (Å²) in [6.45, 7) is 3.78. The summed E-state index contributed by atoms with van der Waals surface area (Å²) in [5.41, 5.74) is 7.03. The molecule has 2 aromatic rings. The molecule has 2 aliphatic rings. The average Bonchev–Trinajstić information content (AvgIpc) is 3.28. The summed E-state index contributed by atoms with van der Waals surface area (Å²) >= 11 is 1.49. The van der Waals surface area contributed by atoms with Crippen molar-refractivity contribution in [2.24, 2.45) is 16.6 Å². The number of nitrogens with two attached hydrogens (primary N) is 1. The molecule has 0 radical (unpaired) electrons. The Morgan fingerprint density at radius 3 is 2.72 bits per heavy atom. The van der Waals surface area contributed by atoms with Crippen molar-refractivity contribution >= 4 is 33.3 Å². The van der Waals surface area contributed by atoms with E-state index in [1.165, 1.54) is 37.3 Å². The third-order valence-electron chi connectivity index (χ3n) is 5.32. The van der Waals surface area contributed by atoms with Gasteiger partial charge in [-0.15, -0.1) is 22.0 Å². The summed E-state index contributed by atoms with van der Waals surface area (Å²) in [5.74, 6) is -0.446. The lowest BCUT2D eigenvalue weighted by Crippen LogP contribution is -2.56. The average molecular weight is 438 g/mol. The molecule has 2 unspecified atom stereocenters. The Morgan fingerprint density at radius 2 is 2.07 bits per heavy atom. The van der Waals surface area contributed by atoms with Crippen molar-refractivity contribution < 1.29 is 17.2 Å². The molecule has 29 heavy (non-hydrogen) atoms. The smallest absolute Gasteiger partial charge is 0.247 e. The zero-order valence-corrected chi connectivity index (χ0v) is 17.7. The highest BCUT2D eigenvalue weighted by atomic mass is 32.2. The predicted molar refractivity (Wildman–Crippen MR) is 110 cm³/mol. The lowest BCUT2D eigenvalue weighted by molar-refractivity contribution is 0.421. The molecule has 1 aromatic heterocycles. The van der Waals surface area contributed by atoms with E-state index in [1.807, 2.05) is 12.3 Å². The number of aromatic nitrogens is 2. The van der Waals surface area contributed by atoms with Crippen LogP contribution in [-0.2, 0) is 10.0 Å². The monoisotopic (exact) mass is 437 g/mol. The van der Waals surface area contributed by atoms with Gasteiger partial charge in [-0.1, -0.05) is 6.92 Å². The van der Waals surface area contributed by atoms with Crippen LogP contribution in [0.15, 0.2) is 39.4 Å². The summed E-state index contributed by atoms with van der Waals surface area (Å²) < 4.78 is 45.5. The summed E-state index contributed by atoms with van der Waals surface area (Å²) in [5, 5.41) is 9.23. The maximum absolute atomic E-state index is 14.3. The van der Waals surface area contributed by atoms with Gasteiger partial charge in [0.1, 0.15) is 5.82 Å². The molecule has 0 bridgehead atoms. The highest BCUT2D eigenvalue weighted by molar-refractivity contribution is 8.03. The van der Waals surface area contributed by atoms with Gasteiger partial charge >= 0.3 is 0 Å². The summed E-state index contributed by atoms with van der Waals surface area (Å²) in [4.78, 5) is 4.51. The molecule has 2 N–H and O–H groups in total. The number of sulfonamides is 1. The van der Waals surface area contributed by atoms with E-state index in [4.69, 9.17) is 10.2 Å². The normalized spacial score (nSPS) is 28.9. The van der Waals surface area contributed by atoms with Crippen LogP contribution < -0.4 is 5.73 Å². The molecule has 4 rings (SSSR count). The van der Waals surface area contributed by atoms with Crippen molar-refractivity contribution in [3.63, 3.8) is 0 Å². The number of hydrogen-bond acceptors (Lipinski definition) is 8. The van der Waals surface area contributed by atoms with Gasteiger partial charge in [-0.2, -0.15) is 0 Å². The third kappa shape index (κ3) is 3.42. The number of allylic oxidation sites excluding steroid dienone is 1. The zero-order valence-electron chi connectivity index (χ0n) is 16.0. The Labute approximate surface area is 172 Å². The minimum Gasteiger partial charge on any atom is -0.423 e. The molecule has 8 nitrogen and oxygen atoms in total. The molecule has 11 heteroatoms. The summed E-state index contributed by atoms with van der Waals surface area (Å²) in [7, 11) is -2.15. The van der Waals surface area contributed by atoms with Gasteiger partial charge in [0.15, 0.2) is 0 Å². The van der Waals surface area contributed by atoms with E-state index in [-0.39, 0.29) is 28.8 Å². The highest BCUT2D eigenvalue weighted by Gasteiger charge is 2.48. The van der Waals surface area contributed by atoms with Crippen molar-refractivity contribution in [3.8, 4) is 11.5 Å². The quantitative estimate of drug-likeness (QED) is 0.783. The number of benzene rings is 1. The molecule has 0 fully saturated rings. The van der Waals surface area contributed by atoms with Gasteiger partial charge in [-0.25, -0.2) is 22.1 Å². The molecule has 3 heterocycles. The Kier molecular flexibility index (Phi) is 4.69. The first-order valence-electron chi connectivity index (χ1n) is 8.86. The number of guanidine groups is 1. The molecule has 3 atom stereocenters. The van der Waals surface area contributed by atoms with Gasteiger partial charge < -0.3 is 10.2 Å². The van der Waals surface area contributed by atoms with Crippen LogP contribution in [0.1, 0.15) is 19.4 Å². The van der Waals surface area contributed by atoms with Gasteiger partial charge in [-0.05, 0) is 47.6 Å². The standard InChI is InChI=1S/C18H20FN5O3S2/c1-10-14(11-4-12(6-13(19)5-11)16-23-21-9-27-16)7-28-15(10)18(2)8-29(25,26)24(3)17(20)22-18/h4-7,9-10,15H,8H2,1-3H3,(H2,20,22)/t10?,15?,18-/m0/s1. The molecule has 154 valence electrons. The fourth-order valence-electron chi connectivity index (χ4n) is 3.85. The van der Waals surface area contributed by atoms with E-state index in [0.717, 1.165) is 9.88 Å². The van der Waals surface area contributed by atoms with E-state index in [9.17, 15) is 12.8 Å². The topological polar surface area (TPSA) is 115 Å². The van der Waals surface area contributed by atoms with Gasteiger partial charge in [0.25, 0.3) is 0 Å². The molecular formula is C18H20FN5O3S2. The first kappa shape index (κ1) is 19.9. The highest BCUT2D eigenvalue weighted by Crippen LogP contribution is 2.48. The van der Waals surface area contributed by atoms with Gasteiger partial charge in [0, 0.05) is 17.9 Å². The van der Waals surface area contributed by atoms with Gasteiger partial charge in [0.05, 0.1) is 11.3 Å². The third-order valence-corrected chi connectivity index (χ3v) is 8.89. The number of halogens is 1. The minimum atomic E-state index is -3.55. The van der Waals surface area contributed by atoms with Crippen molar-refractivity contribution in [1.29, 1.82) is 0 Å². The number of hydrogen-bond donors (Lipinski definition) is 1. The van der Waals surface area contributed by atoms with Crippen LogP contribution in [0.5, 0.6) is 0 Å². The number of thioether (sulfide) groups is 1. The molecule has 0 aliphatic carbocycles. The van der Waals surface area contributed by atoms with E-state index >= 15 is 0 Å². The van der Waals surface area contributed by atoms with E-state index in [1.54, 1.807) is 13.0 Å². The van der Waals surface area contributed by atoms with Crippen molar-refractivity contribution in [1.82, 2.24) is 14.5 Å². The van der Waals surface area contributed by atoms with Gasteiger partial charge in [0.2, 0.25) is 28.3 Å².